The molecular weight excluding hydrogens is 435 g/mol. The van der Waals surface area contributed by atoms with Crippen LogP contribution in [0.2, 0.25) is 0 Å². The van der Waals surface area contributed by atoms with E-state index < -0.39 is 24.7 Å². The molecule has 1 aliphatic heterocycles. The van der Waals surface area contributed by atoms with Gasteiger partial charge in [-0.2, -0.15) is 18.3 Å². The summed E-state index contributed by atoms with van der Waals surface area (Å²) in [6, 6.07) is 2.29. The molecule has 3 aromatic rings. The summed E-state index contributed by atoms with van der Waals surface area (Å²) in [6.07, 6.45) is -1.56. The van der Waals surface area contributed by atoms with Crippen LogP contribution >= 0.6 is 0 Å². The fourth-order valence-corrected chi connectivity index (χ4v) is 3.72. The smallest absolute Gasteiger partial charge is 0.417 e. The van der Waals surface area contributed by atoms with Crippen LogP contribution < -0.4 is 9.64 Å². The minimum Gasteiger partial charge on any atom is -0.477 e. The summed E-state index contributed by atoms with van der Waals surface area (Å²) in [5, 5.41) is 3.94. The van der Waals surface area contributed by atoms with Gasteiger partial charge in [-0.05, 0) is 25.8 Å². The number of aromatic nitrogens is 5. The molecule has 0 saturated carbocycles. The molecule has 4 rings (SSSR count). The van der Waals surface area contributed by atoms with Crippen LogP contribution in [-0.2, 0) is 12.7 Å². The van der Waals surface area contributed by atoms with Gasteiger partial charge in [0.15, 0.2) is 5.65 Å². The van der Waals surface area contributed by atoms with Crippen molar-refractivity contribution in [2.45, 2.75) is 45.0 Å². The number of fused-ring (bicyclic) bond motifs is 1. The van der Waals surface area contributed by atoms with Crippen LogP contribution in [0.1, 0.15) is 25.3 Å². The van der Waals surface area contributed by atoms with Crippen molar-refractivity contribution in [3.05, 3.63) is 36.3 Å². The maximum Gasteiger partial charge on any atom is 0.417 e. The maximum absolute atomic E-state index is 12.8. The Hall–Kier alpha value is -3.05. The van der Waals surface area contributed by atoms with E-state index in [1.165, 1.54) is 12.3 Å². The summed E-state index contributed by atoms with van der Waals surface area (Å²) in [4.78, 5) is 14.6. The summed E-state index contributed by atoms with van der Waals surface area (Å²) in [5.41, 5.74) is -0.0998. The number of hydrogen-bond acceptors (Lipinski definition) is 6. The van der Waals surface area contributed by atoms with Crippen molar-refractivity contribution in [1.82, 2.24) is 24.7 Å². The number of nitrogens with zero attached hydrogens (tertiary/aromatic N) is 6. The predicted octanol–water partition coefficient (Wildman–Crippen LogP) is 4.19. The number of hydrogen-bond donors (Lipinski definition) is 0. The lowest BCUT2D eigenvalue weighted by Crippen LogP contribution is -2.44. The zero-order valence-corrected chi connectivity index (χ0v) is 17.1. The van der Waals surface area contributed by atoms with E-state index in [0.717, 1.165) is 29.8 Å². The SMILES string of the molecule is C[C@@H]1CC[C@H](COc2ccc(C(F)(F)F)cn2)CN1c1cnc2cnn(CC(F)F)c2n1. The van der Waals surface area contributed by atoms with E-state index in [1.807, 2.05) is 11.8 Å². The van der Waals surface area contributed by atoms with Gasteiger partial charge < -0.3 is 9.64 Å². The number of alkyl halides is 5. The van der Waals surface area contributed by atoms with Crippen LogP contribution in [0.5, 0.6) is 5.88 Å². The van der Waals surface area contributed by atoms with Gasteiger partial charge in [-0.25, -0.2) is 28.4 Å². The monoisotopic (exact) mass is 456 g/mol. The molecule has 0 unspecified atom stereocenters. The zero-order valence-electron chi connectivity index (χ0n) is 17.1. The summed E-state index contributed by atoms with van der Waals surface area (Å²) in [7, 11) is 0. The van der Waals surface area contributed by atoms with Crippen LogP contribution in [0.15, 0.2) is 30.7 Å². The lowest BCUT2D eigenvalue weighted by Gasteiger charge is -2.38. The zero-order chi connectivity index (χ0) is 22.9. The van der Waals surface area contributed by atoms with Crippen LogP contribution in [-0.4, -0.2) is 50.4 Å². The highest BCUT2D eigenvalue weighted by Crippen LogP contribution is 2.30. The Bertz CT molecular complexity index is 1050. The Balaban J connectivity index is 1.44. The van der Waals surface area contributed by atoms with E-state index >= 15 is 0 Å². The van der Waals surface area contributed by atoms with Crippen molar-refractivity contribution in [3.8, 4) is 5.88 Å². The lowest BCUT2D eigenvalue weighted by molar-refractivity contribution is -0.137. The summed E-state index contributed by atoms with van der Waals surface area (Å²) >= 11 is 0. The van der Waals surface area contributed by atoms with Crippen LogP contribution in [0.3, 0.4) is 0 Å². The molecule has 172 valence electrons. The van der Waals surface area contributed by atoms with Gasteiger partial charge >= 0.3 is 6.18 Å². The van der Waals surface area contributed by atoms with Crippen molar-refractivity contribution < 1.29 is 26.7 Å². The van der Waals surface area contributed by atoms with Gasteiger partial charge in [0.25, 0.3) is 6.43 Å². The van der Waals surface area contributed by atoms with Crippen molar-refractivity contribution in [2.24, 2.45) is 5.92 Å². The molecule has 0 spiro atoms. The first kappa shape index (κ1) is 22.2. The van der Waals surface area contributed by atoms with E-state index in [2.05, 4.69) is 20.1 Å². The highest BCUT2D eigenvalue weighted by atomic mass is 19.4. The van der Waals surface area contributed by atoms with Gasteiger partial charge in [-0.1, -0.05) is 0 Å². The van der Waals surface area contributed by atoms with Gasteiger partial charge in [0.1, 0.15) is 17.9 Å². The molecule has 2 atom stereocenters. The van der Waals surface area contributed by atoms with Crippen molar-refractivity contribution >= 4 is 17.0 Å². The molecule has 7 nitrogen and oxygen atoms in total. The van der Waals surface area contributed by atoms with Gasteiger partial charge in [0.2, 0.25) is 5.88 Å². The minimum absolute atomic E-state index is 0.0822. The molecule has 1 aliphatic rings. The molecule has 0 N–H and O–H groups in total. The standard InChI is InChI=1S/C20H21F5N6O/c1-12-2-3-13(11-32-18-5-4-14(6-27-18)20(23,24)25)9-30(12)17-8-26-15-7-28-31(10-16(21)22)19(15)29-17/h4-8,12-13,16H,2-3,9-11H2,1H3/t12-,13+/m1/s1. The first-order valence-electron chi connectivity index (χ1n) is 10.1. The first-order valence-corrected chi connectivity index (χ1v) is 10.1. The number of halogens is 5. The second-order valence-electron chi connectivity index (χ2n) is 7.79. The topological polar surface area (TPSA) is 69.0 Å². The fraction of sp³-hybridized carbons (Fsp3) is 0.500. The molecule has 1 fully saturated rings. The predicted molar refractivity (Wildman–Crippen MR) is 106 cm³/mol. The average molecular weight is 456 g/mol. The number of piperidine rings is 1. The first-order chi connectivity index (χ1) is 15.2. The van der Waals surface area contributed by atoms with Crippen molar-refractivity contribution in [2.75, 3.05) is 18.1 Å². The second kappa shape index (κ2) is 8.83. The highest BCUT2D eigenvalue weighted by molar-refractivity contribution is 5.71. The summed E-state index contributed by atoms with van der Waals surface area (Å²) in [5.74, 6) is 0.761. The number of anilines is 1. The normalized spacial score (nSPS) is 19.7. The largest absolute Gasteiger partial charge is 0.477 e. The van der Waals surface area contributed by atoms with E-state index in [4.69, 9.17) is 4.74 Å². The van der Waals surface area contributed by atoms with Gasteiger partial charge in [0.05, 0.1) is 24.6 Å². The third kappa shape index (κ3) is 4.89. The lowest BCUT2D eigenvalue weighted by atomic mass is 9.94. The molecule has 0 amide bonds. The van der Waals surface area contributed by atoms with Crippen LogP contribution in [0.4, 0.5) is 27.8 Å². The third-order valence-electron chi connectivity index (χ3n) is 5.45. The fourth-order valence-electron chi connectivity index (χ4n) is 3.72. The van der Waals surface area contributed by atoms with Crippen molar-refractivity contribution in [1.29, 1.82) is 0 Å². The van der Waals surface area contributed by atoms with Crippen molar-refractivity contribution in [3.63, 3.8) is 0 Å². The number of pyridine rings is 1. The molecular formula is C20H21F5N6O. The average Bonchev–Trinajstić information content (AvgIpc) is 3.14. The Labute approximate surface area is 180 Å². The maximum atomic E-state index is 12.8. The van der Waals surface area contributed by atoms with Gasteiger partial charge in [0, 0.05) is 30.8 Å². The summed E-state index contributed by atoms with van der Waals surface area (Å²) < 4.78 is 70.3. The Kier molecular flexibility index (Phi) is 6.11. The van der Waals surface area contributed by atoms with E-state index in [0.29, 0.717) is 23.5 Å². The van der Waals surface area contributed by atoms with E-state index in [1.54, 1.807) is 6.20 Å². The molecule has 32 heavy (non-hydrogen) atoms. The number of ether oxygens (including phenoxy) is 1. The summed E-state index contributed by atoms with van der Waals surface area (Å²) in [6.45, 7) is 2.33. The quantitative estimate of drug-likeness (QED) is 0.518. The molecule has 0 radical (unpaired) electrons. The Morgan fingerprint density at radius 2 is 1.94 bits per heavy atom. The Morgan fingerprint density at radius 3 is 2.62 bits per heavy atom. The van der Waals surface area contributed by atoms with Crippen LogP contribution in [0.25, 0.3) is 11.2 Å². The van der Waals surface area contributed by atoms with Gasteiger partial charge in [-0.15, -0.1) is 0 Å². The molecule has 0 bridgehead atoms. The molecule has 1 saturated heterocycles. The van der Waals surface area contributed by atoms with Crippen LogP contribution in [0, 0.1) is 5.92 Å². The second-order valence-corrected chi connectivity index (χ2v) is 7.79. The minimum atomic E-state index is -4.45. The number of rotatable bonds is 6. The highest BCUT2D eigenvalue weighted by Gasteiger charge is 2.31. The molecule has 0 aromatic carbocycles. The van der Waals surface area contributed by atoms with E-state index in [-0.39, 0.29) is 24.4 Å². The van der Waals surface area contributed by atoms with E-state index in [9.17, 15) is 22.0 Å². The molecule has 0 aliphatic carbocycles. The Morgan fingerprint density at radius 1 is 1.12 bits per heavy atom. The van der Waals surface area contributed by atoms with Gasteiger partial charge in [-0.3, -0.25) is 0 Å². The molecule has 12 heteroatoms. The molecule has 4 heterocycles. The third-order valence-corrected chi connectivity index (χ3v) is 5.45. The molecule has 3 aromatic heterocycles.